The van der Waals surface area contributed by atoms with Crippen molar-refractivity contribution in [2.24, 2.45) is 0 Å². The molecule has 0 aliphatic rings. The van der Waals surface area contributed by atoms with Crippen LogP contribution in [0, 0.1) is 0 Å². The van der Waals surface area contributed by atoms with E-state index in [-0.39, 0.29) is 28.1 Å². The number of Topliss-reactive ketones (excluding diaryl/α,β-unsaturated/α-hetero) is 1. The number of halogens is 5. The Hall–Kier alpha value is -0.750. The molecule has 94 valence electrons. The molecule has 17 heavy (non-hydrogen) atoms. The molecule has 0 aliphatic heterocycles. The van der Waals surface area contributed by atoms with E-state index in [9.17, 15) is 18.0 Å². The monoisotopic (exact) mass is 330 g/mol. The van der Waals surface area contributed by atoms with Crippen molar-refractivity contribution in [3.05, 3.63) is 28.8 Å². The van der Waals surface area contributed by atoms with Crippen LogP contribution in [0.1, 0.15) is 5.56 Å². The van der Waals surface area contributed by atoms with Crippen LogP contribution in [0.15, 0.2) is 18.2 Å². The summed E-state index contributed by atoms with van der Waals surface area (Å²) < 4.78 is 40.2. The summed E-state index contributed by atoms with van der Waals surface area (Å²) in [6, 6.07) is 4.10. The fourth-order valence-electron chi connectivity index (χ4n) is 1.18. The van der Waals surface area contributed by atoms with Gasteiger partial charge < -0.3 is 4.74 Å². The lowest BCUT2D eigenvalue weighted by Crippen LogP contribution is -2.19. The van der Waals surface area contributed by atoms with Crippen LogP contribution in [0.2, 0.25) is 5.02 Å². The highest BCUT2D eigenvalue weighted by molar-refractivity contribution is 9.09. The summed E-state index contributed by atoms with van der Waals surface area (Å²) in [6.45, 7) is 0. The number of ketones is 1. The number of alkyl halides is 4. The molecule has 0 bridgehead atoms. The van der Waals surface area contributed by atoms with Gasteiger partial charge in [-0.25, -0.2) is 0 Å². The van der Waals surface area contributed by atoms with E-state index in [2.05, 4.69) is 20.7 Å². The Kier molecular flexibility index (Phi) is 4.82. The molecule has 0 fully saturated rings. The summed E-state index contributed by atoms with van der Waals surface area (Å²) in [6.07, 6.45) is -5.01. The Balaban J connectivity index is 3.04. The second-order valence-corrected chi connectivity index (χ2v) is 4.09. The second-order valence-electron chi connectivity index (χ2n) is 3.12. The Morgan fingerprint density at radius 3 is 2.59 bits per heavy atom. The Morgan fingerprint density at radius 1 is 1.41 bits per heavy atom. The third-order valence-corrected chi connectivity index (χ3v) is 2.73. The van der Waals surface area contributed by atoms with E-state index in [0.717, 1.165) is 0 Å². The first kappa shape index (κ1) is 14.3. The molecule has 0 N–H and O–H groups in total. The second kappa shape index (κ2) is 5.73. The molecule has 0 aliphatic carbocycles. The van der Waals surface area contributed by atoms with E-state index in [1.54, 1.807) is 0 Å². The number of ether oxygens (including phenoxy) is 1. The zero-order valence-electron chi connectivity index (χ0n) is 8.35. The number of rotatable bonds is 4. The summed E-state index contributed by atoms with van der Waals surface area (Å²) in [5.74, 6) is -0.782. The van der Waals surface area contributed by atoms with Gasteiger partial charge in [-0.1, -0.05) is 39.7 Å². The fourth-order valence-corrected chi connectivity index (χ4v) is 1.61. The SMILES string of the molecule is O=C(CBr)Cc1cccc(Cl)c1OC(F)(F)F. The highest BCUT2D eigenvalue weighted by Crippen LogP contribution is 2.33. The van der Waals surface area contributed by atoms with Crippen molar-refractivity contribution in [1.29, 1.82) is 0 Å². The van der Waals surface area contributed by atoms with Crippen LogP contribution in [0.4, 0.5) is 13.2 Å². The van der Waals surface area contributed by atoms with Gasteiger partial charge in [-0.05, 0) is 6.07 Å². The van der Waals surface area contributed by atoms with Gasteiger partial charge in [0.2, 0.25) is 0 Å². The number of carbonyl (C=O) groups is 1. The molecular weight excluding hydrogens is 324 g/mol. The molecule has 0 saturated heterocycles. The predicted octanol–water partition coefficient (Wildman–Crippen LogP) is 3.75. The summed E-state index contributed by atoms with van der Waals surface area (Å²) in [5, 5.41) is -0.118. The Morgan fingerprint density at radius 2 is 2.06 bits per heavy atom. The van der Waals surface area contributed by atoms with Crippen molar-refractivity contribution in [3.63, 3.8) is 0 Å². The van der Waals surface area contributed by atoms with E-state index in [4.69, 9.17) is 11.6 Å². The van der Waals surface area contributed by atoms with Crippen LogP contribution >= 0.6 is 27.5 Å². The summed E-state index contributed by atoms with van der Waals surface area (Å²) in [7, 11) is 0. The van der Waals surface area contributed by atoms with Gasteiger partial charge in [0, 0.05) is 12.0 Å². The van der Waals surface area contributed by atoms with Crippen LogP contribution in [-0.4, -0.2) is 17.5 Å². The van der Waals surface area contributed by atoms with Crippen molar-refractivity contribution in [2.45, 2.75) is 12.8 Å². The minimum atomic E-state index is -4.84. The summed E-state index contributed by atoms with van der Waals surface area (Å²) in [5.41, 5.74) is 0.110. The Bertz CT molecular complexity index is 421. The van der Waals surface area contributed by atoms with E-state index < -0.39 is 12.1 Å². The fraction of sp³-hybridized carbons (Fsp3) is 0.300. The quantitative estimate of drug-likeness (QED) is 0.786. The van der Waals surface area contributed by atoms with E-state index in [1.807, 2.05) is 0 Å². The molecule has 0 radical (unpaired) electrons. The van der Waals surface area contributed by atoms with Gasteiger partial charge >= 0.3 is 6.36 Å². The number of carbonyl (C=O) groups excluding carboxylic acids is 1. The highest BCUT2D eigenvalue weighted by Gasteiger charge is 2.33. The molecule has 0 amide bonds. The number of hydrogen-bond donors (Lipinski definition) is 0. The number of para-hydroxylation sites is 1. The van der Waals surface area contributed by atoms with Crippen molar-refractivity contribution in [2.75, 3.05) is 5.33 Å². The predicted molar refractivity (Wildman–Crippen MR) is 60.6 cm³/mol. The summed E-state index contributed by atoms with van der Waals surface area (Å²) in [4.78, 5) is 11.2. The molecule has 0 unspecified atom stereocenters. The van der Waals surface area contributed by atoms with Crippen LogP contribution in [0.25, 0.3) is 0 Å². The van der Waals surface area contributed by atoms with E-state index in [1.165, 1.54) is 18.2 Å². The van der Waals surface area contributed by atoms with Gasteiger partial charge in [0.25, 0.3) is 0 Å². The van der Waals surface area contributed by atoms with Gasteiger partial charge in [0.1, 0.15) is 5.78 Å². The Labute approximate surface area is 109 Å². The van der Waals surface area contributed by atoms with Crippen LogP contribution < -0.4 is 4.74 Å². The molecule has 0 spiro atoms. The molecule has 2 nitrogen and oxygen atoms in total. The molecular formula is C10H7BrClF3O2. The minimum absolute atomic E-state index is 0.0605. The van der Waals surface area contributed by atoms with E-state index >= 15 is 0 Å². The van der Waals surface area contributed by atoms with Crippen LogP contribution in [0.3, 0.4) is 0 Å². The zero-order chi connectivity index (χ0) is 13.1. The lowest BCUT2D eigenvalue weighted by molar-refractivity contribution is -0.274. The highest BCUT2D eigenvalue weighted by atomic mass is 79.9. The molecule has 0 saturated carbocycles. The first-order valence-electron chi connectivity index (χ1n) is 4.44. The van der Waals surface area contributed by atoms with Crippen molar-refractivity contribution in [1.82, 2.24) is 0 Å². The molecule has 1 aromatic carbocycles. The average Bonchev–Trinajstić information content (AvgIpc) is 2.21. The van der Waals surface area contributed by atoms with Gasteiger partial charge in [-0.3, -0.25) is 4.79 Å². The standard InChI is InChI=1S/C10H7BrClF3O2/c11-5-7(16)4-6-2-1-3-8(12)9(6)17-10(13,14)15/h1-3H,4-5H2. The van der Waals surface area contributed by atoms with Gasteiger partial charge in [-0.15, -0.1) is 13.2 Å². The van der Waals surface area contributed by atoms with Crippen LogP contribution in [-0.2, 0) is 11.2 Å². The molecule has 0 aromatic heterocycles. The normalized spacial score (nSPS) is 11.4. The first-order valence-corrected chi connectivity index (χ1v) is 5.94. The van der Waals surface area contributed by atoms with Crippen molar-refractivity contribution >= 4 is 33.3 Å². The third kappa shape index (κ3) is 4.55. The topological polar surface area (TPSA) is 26.3 Å². The first-order chi connectivity index (χ1) is 7.83. The minimum Gasteiger partial charge on any atom is -0.404 e. The molecule has 0 heterocycles. The maximum absolute atomic E-state index is 12.1. The van der Waals surface area contributed by atoms with Gasteiger partial charge in [0.05, 0.1) is 10.4 Å². The lowest BCUT2D eigenvalue weighted by atomic mass is 10.1. The largest absolute Gasteiger partial charge is 0.573 e. The number of hydrogen-bond acceptors (Lipinski definition) is 2. The number of benzene rings is 1. The summed E-state index contributed by atoms with van der Waals surface area (Å²) >= 11 is 8.55. The maximum atomic E-state index is 12.1. The third-order valence-electron chi connectivity index (χ3n) is 1.80. The maximum Gasteiger partial charge on any atom is 0.573 e. The lowest BCUT2D eigenvalue weighted by Gasteiger charge is -2.14. The average molecular weight is 332 g/mol. The van der Waals surface area contributed by atoms with Crippen molar-refractivity contribution < 1.29 is 22.7 Å². The molecule has 1 aromatic rings. The molecule has 7 heteroatoms. The van der Waals surface area contributed by atoms with Crippen molar-refractivity contribution in [3.8, 4) is 5.75 Å². The zero-order valence-corrected chi connectivity index (χ0v) is 10.7. The smallest absolute Gasteiger partial charge is 0.404 e. The molecule has 0 atom stereocenters. The molecule has 1 rings (SSSR count). The van der Waals surface area contributed by atoms with Gasteiger partial charge in [-0.2, -0.15) is 0 Å². The van der Waals surface area contributed by atoms with Gasteiger partial charge in [0.15, 0.2) is 5.75 Å². The van der Waals surface area contributed by atoms with Crippen LogP contribution in [0.5, 0.6) is 5.75 Å². The van der Waals surface area contributed by atoms with E-state index in [0.29, 0.717) is 0 Å².